The van der Waals surface area contributed by atoms with Crippen LogP contribution in [0.1, 0.15) is 42.3 Å². The van der Waals surface area contributed by atoms with Crippen LogP contribution in [0.4, 0.5) is 0 Å². The summed E-state index contributed by atoms with van der Waals surface area (Å²) in [4.78, 5) is 10.5. The number of rotatable bonds is 7. The number of hydrogen-bond acceptors (Lipinski definition) is 4. The van der Waals surface area contributed by atoms with Crippen LogP contribution in [0.15, 0.2) is 22.5 Å². The van der Waals surface area contributed by atoms with Crippen molar-refractivity contribution in [1.82, 2.24) is 15.6 Å². The number of aliphatic imine (C=N–C) groups is 1. The number of aromatic nitrogens is 1. The van der Waals surface area contributed by atoms with E-state index in [1.807, 2.05) is 6.07 Å². The second-order valence-corrected chi connectivity index (χ2v) is 8.14. The number of thiophene rings is 1. The van der Waals surface area contributed by atoms with Crippen LogP contribution >= 0.6 is 58.3 Å². The summed E-state index contributed by atoms with van der Waals surface area (Å²) in [5.74, 6) is 1.30. The Balaban J connectivity index is 0.00000288. The molecule has 2 rings (SSSR count). The van der Waals surface area contributed by atoms with E-state index in [1.165, 1.54) is 4.88 Å². The summed E-state index contributed by atoms with van der Waals surface area (Å²) in [5, 5.41) is 9.80. The van der Waals surface area contributed by atoms with Crippen LogP contribution in [-0.4, -0.2) is 24.0 Å². The highest BCUT2D eigenvalue weighted by molar-refractivity contribution is 14.0. The number of hydrogen-bond donors (Lipinski definition) is 2. The Morgan fingerprint density at radius 1 is 1.33 bits per heavy atom. The van der Waals surface area contributed by atoms with Crippen molar-refractivity contribution in [3.63, 3.8) is 0 Å². The summed E-state index contributed by atoms with van der Waals surface area (Å²) in [6.07, 6.45) is 0.941. The highest BCUT2D eigenvalue weighted by atomic mass is 127. The van der Waals surface area contributed by atoms with Crippen molar-refractivity contribution in [2.45, 2.75) is 39.7 Å². The van der Waals surface area contributed by atoms with Gasteiger partial charge in [0, 0.05) is 23.3 Å². The van der Waals surface area contributed by atoms with E-state index in [1.54, 1.807) is 22.7 Å². The third kappa shape index (κ3) is 7.25. The lowest BCUT2D eigenvalue weighted by molar-refractivity contribution is 0.797. The molecule has 0 saturated heterocycles. The zero-order valence-electron chi connectivity index (χ0n) is 14.1. The van der Waals surface area contributed by atoms with Gasteiger partial charge in [-0.05, 0) is 31.4 Å². The van der Waals surface area contributed by atoms with Gasteiger partial charge in [0.05, 0.1) is 16.6 Å². The Morgan fingerprint density at radius 3 is 2.71 bits per heavy atom. The van der Waals surface area contributed by atoms with Crippen LogP contribution in [0, 0.1) is 0 Å². The molecule has 0 amide bonds. The number of nitrogens with zero attached hydrogens (tertiary/aromatic N) is 2. The summed E-state index contributed by atoms with van der Waals surface area (Å²) >= 11 is 9.25. The van der Waals surface area contributed by atoms with E-state index in [0.29, 0.717) is 12.5 Å². The first-order chi connectivity index (χ1) is 11.1. The molecule has 0 aromatic carbocycles. The molecule has 0 bridgehead atoms. The normalized spacial score (nSPS) is 11.5. The van der Waals surface area contributed by atoms with Crippen molar-refractivity contribution in [3.05, 3.63) is 37.4 Å². The molecule has 0 spiro atoms. The summed E-state index contributed by atoms with van der Waals surface area (Å²) in [5.41, 5.74) is 1.15. The molecule has 0 atom stereocenters. The van der Waals surface area contributed by atoms with Gasteiger partial charge in [0.2, 0.25) is 0 Å². The van der Waals surface area contributed by atoms with Crippen molar-refractivity contribution in [2.75, 3.05) is 13.1 Å². The van der Waals surface area contributed by atoms with Gasteiger partial charge in [-0.25, -0.2) is 9.98 Å². The van der Waals surface area contributed by atoms with Gasteiger partial charge in [-0.2, -0.15) is 0 Å². The molecule has 0 saturated carbocycles. The van der Waals surface area contributed by atoms with E-state index in [0.717, 1.165) is 40.5 Å². The Kier molecular flexibility index (Phi) is 10.2. The van der Waals surface area contributed by atoms with Crippen molar-refractivity contribution in [3.8, 4) is 0 Å². The zero-order chi connectivity index (χ0) is 16.7. The number of guanidine groups is 1. The van der Waals surface area contributed by atoms with E-state index in [4.69, 9.17) is 11.6 Å². The maximum Gasteiger partial charge on any atom is 0.191 e. The standard InChI is InChI=1S/C16H23ClN4S2.HI/c1-4-18-16(19-8-7-12-5-6-14(17)23-12)20-9-15-21-13(10-22-15)11(2)3;/h5-6,10-11H,4,7-9H2,1-3H3,(H2,18,19,20);1H. The molecule has 2 heterocycles. The first kappa shape index (κ1) is 21.7. The van der Waals surface area contributed by atoms with Crippen molar-refractivity contribution >= 4 is 64.2 Å². The average molecular weight is 499 g/mol. The molecule has 2 aromatic rings. The molecule has 2 N–H and O–H groups in total. The predicted octanol–water partition coefficient (Wildman–Crippen LogP) is 4.90. The molecule has 0 radical (unpaired) electrons. The van der Waals surface area contributed by atoms with Crippen LogP contribution in [0.25, 0.3) is 0 Å². The fourth-order valence-electron chi connectivity index (χ4n) is 1.94. The molecule has 0 aliphatic heterocycles. The maximum absolute atomic E-state index is 5.95. The number of halogens is 2. The highest BCUT2D eigenvalue weighted by Crippen LogP contribution is 2.21. The van der Waals surface area contributed by atoms with Crippen LogP contribution in [-0.2, 0) is 13.0 Å². The Bertz CT molecular complexity index is 640. The fraction of sp³-hybridized carbons (Fsp3) is 0.500. The lowest BCUT2D eigenvalue weighted by Gasteiger charge is -2.10. The van der Waals surface area contributed by atoms with Gasteiger partial charge in [-0.3, -0.25) is 0 Å². The molecule has 8 heteroatoms. The van der Waals surface area contributed by atoms with Gasteiger partial charge < -0.3 is 10.6 Å². The molecular weight excluding hydrogens is 475 g/mol. The average Bonchev–Trinajstić information content (AvgIpc) is 3.14. The predicted molar refractivity (Wildman–Crippen MR) is 117 cm³/mol. The zero-order valence-corrected chi connectivity index (χ0v) is 18.9. The van der Waals surface area contributed by atoms with Crippen LogP contribution < -0.4 is 10.6 Å². The van der Waals surface area contributed by atoms with Gasteiger partial charge >= 0.3 is 0 Å². The lowest BCUT2D eigenvalue weighted by atomic mass is 10.2. The molecule has 134 valence electrons. The van der Waals surface area contributed by atoms with E-state index < -0.39 is 0 Å². The molecule has 0 aliphatic carbocycles. The minimum atomic E-state index is 0. The second-order valence-electron chi connectivity index (χ2n) is 5.40. The number of thiazole rings is 1. The second kappa shape index (κ2) is 11.3. The van der Waals surface area contributed by atoms with Crippen molar-refractivity contribution < 1.29 is 0 Å². The van der Waals surface area contributed by atoms with E-state index in [9.17, 15) is 0 Å². The first-order valence-corrected chi connectivity index (χ1v) is 9.86. The third-order valence-corrected chi connectivity index (χ3v) is 5.31. The summed E-state index contributed by atoms with van der Waals surface area (Å²) < 4.78 is 0.838. The van der Waals surface area contributed by atoms with Crippen LogP contribution in [0.2, 0.25) is 4.34 Å². The van der Waals surface area contributed by atoms with E-state index >= 15 is 0 Å². The molecule has 24 heavy (non-hydrogen) atoms. The van der Waals surface area contributed by atoms with E-state index in [-0.39, 0.29) is 24.0 Å². The van der Waals surface area contributed by atoms with E-state index in [2.05, 4.69) is 52.8 Å². The Morgan fingerprint density at radius 2 is 2.12 bits per heavy atom. The fourth-order valence-corrected chi connectivity index (χ4v) is 3.91. The molecule has 4 nitrogen and oxygen atoms in total. The van der Waals surface area contributed by atoms with Gasteiger partial charge in [-0.15, -0.1) is 46.7 Å². The summed E-state index contributed by atoms with van der Waals surface area (Å²) in [6, 6.07) is 4.01. The third-order valence-electron chi connectivity index (χ3n) is 3.17. The van der Waals surface area contributed by atoms with Gasteiger partial charge in [-0.1, -0.05) is 25.4 Å². The summed E-state index contributed by atoms with van der Waals surface area (Å²) in [6.45, 7) is 8.66. The van der Waals surface area contributed by atoms with Crippen LogP contribution in [0.3, 0.4) is 0 Å². The number of nitrogens with one attached hydrogen (secondary N) is 2. The Labute approximate surface area is 174 Å². The minimum Gasteiger partial charge on any atom is -0.357 e. The van der Waals surface area contributed by atoms with Gasteiger partial charge in [0.25, 0.3) is 0 Å². The first-order valence-electron chi connectivity index (χ1n) is 7.79. The van der Waals surface area contributed by atoms with Crippen LogP contribution in [0.5, 0.6) is 0 Å². The topological polar surface area (TPSA) is 49.3 Å². The minimum absolute atomic E-state index is 0. The van der Waals surface area contributed by atoms with Gasteiger partial charge in [0.1, 0.15) is 5.01 Å². The smallest absolute Gasteiger partial charge is 0.191 e. The lowest BCUT2D eigenvalue weighted by Crippen LogP contribution is -2.38. The quantitative estimate of drug-likeness (QED) is 0.324. The Hall–Kier alpha value is -0.380. The van der Waals surface area contributed by atoms with Crippen molar-refractivity contribution in [1.29, 1.82) is 0 Å². The highest BCUT2D eigenvalue weighted by Gasteiger charge is 2.06. The SMILES string of the molecule is CCNC(=NCc1nc(C(C)C)cs1)NCCc1ccc(Cl)s1.I. The maximum atomic E-state index is 5.95. The molecular formula is C16H24ClIN4S2. The molecule has 0 unspecified atom stereocenters. The van der Waals surface area contributed by atoms with Crippen molar-refractivity contribution in [2.24, 2.45) is 4.99 Å². The summed E-state index contributed by atoms with van der Waals surface area (Å²) in [7, 11) is 0. The molecule has 2 aromatic heterocycles. The molecule has 0 aliphatic rings. The van der Waals surface area contributed by atoms with Gasteiger partial charge in [0.15, 0.2) is 5.96 Å². The molecule has 0 fully saturated rings. The monoisotopic (exact) mass is 498 g/mol. The largest absolute Gasteiger partial charge is 0.357 e.